The van der Waals surface area contributed by atoms with Crippen LogP contribution in [0.1, 0.15) is 11.5 Å². The Morgan fingerprint density at radius 2 is 1.50 bits per heavy atom. The van der Waals surface area contributed by atoms with Crippen molar-refractivity contribution in [1.82, 2.24) is 10.2 Å². The molecular weight excluding hydrogens is 372 g/mol. The molecule has 0 bridgehead atoms. The minimum atomic E-state index is 0.339. The third kappa shape index (κ3) is 2.69. The molecule has 0 aliphatic carbocycles. The standard InChI is InChI=1S/C18H13BrN2O3/c1-10-9-14(11(2)22-10)17-20-21-18(24-17)16-8-7-15(23-16)12-3-5-13(19)6-4-12/h3-9H,1-2H3. The Kier molecular flexibility index (Phi) is 3.61. The third-order valence-electron chi connectivity index (χ3n) is 3.64. The molecule has 0 saturated heterocycles. The van der Waals surface area contributed by atoms with Crippen molar-refractivity contribution >= 4 is 15.9 Å². The van der Waals surface area contributed by atoms with Gasteiger partial charge in [0.15, 0.2) is 5.76 Å². The molecule has 0 unspecified atom stereocenters. The normalized spacial score (nSPS) is 11.1. The van der Waals surface area contributed by atoms with Crippen LogP contribution in [0.3, 0.4) is 0 Å². The second kappa shape index (κ2) is 5.79. The van der Waals surface area contributed by atoms with Crippen molar-refractivity contribution in [1.29, 1.82) is 0 Å². The Morgan fingerprint density at radius 3 is 2.21 bits per heavy atom. The van der Waals surface area contributed by atoms with Crippen LogP contribution >= 0.6 is 15.9 Å². The van der Waals surface area contributed by atoms with E-state index in [4.69, 9.17) is 13.3 Å². The van der Waals surface area contributed by atoms with Gasteiger partial charge in [0.05, 0.1) is 5.56 Å². The van der Waals surface area contributed by atoms with Crippen LogP contribution in [0.4, 0.5) is 0 Å². The minimum absolute atomic E-state index is 0.339. The Labute approximate surface area is 146 Å². The van der Waals surface area contributed by atoms with Crippen LogP contribution in [0.5, 0.6) is 0 Å². The molecule has 0 saturated carbocycles. The molecule has 24 heavy (non-hydrogen) atoms. The summed E-state index contributed by atoms with van der Waals surface area (Å²) in [7, 11) is 0. The number of hydrogen-bond donors (Lipinski definition) is 0. The summed E-state index contributed by atoms with van der Waals surface area (Å²) in [5, 5.41) is 8.16. The smallest absolute Gasteiger partial charge is 0.283 e. The van der Waals surface area contributed by atoms with Crippen molar-refractivity contribution in [3.63, 3.8) is 0 Å². The Morgan fingerprint density at radius 1 is 0.792 bits per heavy atom. The van der Waals surface area contributed by atoms with Crippen molar-refractivity contribution in [2.24, 2.45) is 0 Å². The summed E-state index contributed by atoms with van der Waals surface area (Å²) in [6.07, 6.45) is 0. The number of halogens is 1. The summed E-state index contributed by atoms with van der Waals surface area (Å²) in [5.41, 5.74) is 1.77. The van der Waals surface area contributed by atoms with Crippen molar-refractivity contribution in [3.05, 3.63) is 58.5 Å². The highest BCUT2D eigenvalue weighted by atomic mass is 79.9. The number of aromatic nitrogens is 2. The van der Waals surface area contributed by atoms with E-state index < -0.39 is 0 Å². The molecule has 4 rings (SSSR count). The van der Waals surface area contributed by atoms with E-state index >= 15 is 0 Å². The highest BCUT2D eigenvalue weighted by molar-refractivity contribution is 9.10. The molecule has 3 heterocycles. The van der Waals surface area contributed by atoms with E-state index in [2.05, 4.69) is 26.1 Å². The fourth-order valence-electron chi connectivity index (χ4n) is 2.50. The Hall–Kier alpha value is -2.60. The Bertz CT molecular complexity index is 996. The monoisotopic (exact) mass is 384 g/mol. The first kappa shape index (κ1) is 15.0. The highest BCUT2D eigenvalue weighted by Crippen LogP contribution is 2.31. The van der Waals surface area contributed by atoms with Crippen molar-refractivity contribution in [2.45, 2.75) is 13.8 Å². The lowest BCUT2D eigenvalue weighted by molar-refractivity contribution is 0.501. The first-order chi connectivity index (χ1) is 11.6. The van der Waals surface area contributed by atoms with E-state index in [1.54, 1.807) is 0 Å². The maximum Gasteiger partial charge on any atom is 0.283 e. The summed E-state index contributed by atoms with van der Waals surface area (Å²) in [6.45, 7) is 3.75. The number of benzene rings is 1. The van der Waals surface area contributed by atoms with Crippen LogP contribution in [-0.2, 0) is 0 Å². The van der Waals surface area contributed by atoms with Crippen molar-refractivity contribution in [3.8, 4) is 34.4 Å². The van der Waals surface area contributed by atoms with E-state index in [0.29, 0.717) is 17.5 Å². The predicted molar refractivity (Wildman–Crippen MR) is 92.3 cm³/mol. The van der Waals surface area contributed by atoms with Gasteiger partial charge >= 0.3 is 0 Å². The molecular formula is C18H13BrN2O3. The second-order valence-electron chi connectivity index (χ2n) is 5.41. The maximum atomic E-state index is 5.85. The largest absolute Gasteiger partial charge is 0.466 e. The molecule has 0 aliphatic rings. The molecule has 3 aromatic heterocycles. The third-order valence-corrected chi connectivity index (χ3v) is 4.17. The van der Waals surface area contributed by atoms with E-state index in [1.807, 2.05) is 56.3 Å². The SMILES string of the molecule is Cc1cc(-c2nnc(-c3ccc(-c4ccc(Br)cc4)o3)o2)c(C)o1. The molecule has 0 N–H and O–H groups in total. The lowest BCUT2D eigenvalue weighted by Crippen LogP contribution is -1.76. The van der Waals surface area contributed by atoms with Crippen LogP contribution < -0.4 is 0 Å². The molecule has 6 heteroatoms. The van der Waals surface area contributed by atoms with Crippen molar-refractivity contribution < 1.29 is 13.3 Å². The topological polar surface area (TPSA) is 65.2 Å². The van der Waals surface area contributed by atoms with Crippen molar-refractivity contribution in [2.75, 3.05) is 0 Å². The fraction of sp³-hybridized carbons (Fsp3) is 0.111. The van der Waals surface area contributed by atoms with Gasteiger partial charge in [-0.15, -0.1) is 10.2 Å². The molecule has 4 aromatic rings. The fourth-order valence-corrected chi connectivity index (χ4v) is 2.76. The molecule has 0 fully saturated rings. The zero-order valence-corrected chi connectivity index (χ0v) is 14.6. The summed E-state index contributed by atoms with van der Waals surface area (Å²) < 4.78 is 18.1. The average Bonchev–Trinajstić information content (AvgIpc) is 3.27. The summed E-state index contributed by atoms with van der Waals surface area (Å²) >= 11 is 3.42. The summed E-state index contributed by atoms with van der Waals surface area (Å²) in [5.74, 6) is 3.58. The van der Waals surface area contributed by atoms with Gasteiger partial charge in [0, 0.05) is 10.0 Å². The van der Waals surface area contributed by atoms with E-state index in [9.17, 15) is 0 Å². The summed E-state index contributed by atoms with van der Waals surface area (Å²) in [4.78, 5) is 0. The lowest BCUT2D eigenvalue weighted by Gasteiger charge is -1.96. The quantitative estimate of drug-likeness (QED) is 0.457. The lowest BCUT2D eigenvalue weighted by atomic mass is 10.2. The van der Waals surface area contributed by atoms with Crippen LogP contribution in [0.2, 0.25) is 0 Å². The maximum absolute atomic E-state index is 5.85. The minimum Gasteiger partial charge on any atom is -0.466 e. The van der Waals surface area contributed by atoms with Crippen LogP contribution in [0.15, 0.2) is 60.2 Å². The van der Waals surface area contributed by atoms with Crippen LogP contribution in [0.25, 0.3) is 34.4 Å². The molecule has 0 aliphatic heterocycles. The molecule has 0 spiro atoms. The van der Waals surface area contributed by atoms with Gasteiger partial charge in [0.25, 0.3) is 11.8 Å². The number of hydrogen-bond acceptors (Lipinski definition) is 5. The highest BCUT2D eigenvalue weighted by Gasteiger charge is 2.17. The molecule has 120 valence electrons. The van der Waals surface area contributed by atoms with Gasteiger partial charge < -0.3 is 13.3 Å². The molecule has 0 radical (unpaired) electrons. The predicted octanol–water partition coefficient (Wildman–Crippen LogP) is 5.64. The molecule has 1 aromatic carbocycles. The number of rotatable bonds is 3. The Balaban J connectivity index is 1.66. The van der Waals surface area contributed by atoms with Gasteiger partial charge in [-0.25, -0.2) is 0 Å². The number of nitrogens with zero attached hydrogens (tertiary/aromatic N) is 2. The van der Waals surface area contributed by atoms with E-state index in [-0.39, 0.29) is 0 Å². The first-order valence-corrected chi connectivity index (χ1v) is 8.16. The number of furan rings is 2. The zero-order chi connectivity index (χ0) is 16.7. The average molecular weight is 385 g/mol. The van der Waals surface area contributed by atoms with Gasteiger partial charge in [-0.05, 0) is 44.2 Å². The zero-order valence-electron chi connectivity index (χ0n) is 13.0. The van der Waals surface area contributed by atoms with Gasteiger partial charge in [0.2, 0.25) is 0 Å². The van der Waals surface area contributed by atoms with Gasteiger partial charge in [0.1, 0.15) is 17.3 Å². The van der Waals surface area contributed by atoms with E-state index in [1.165, 1.54) is 0 Å². The first-order valence-electron chi connectivity index (χ1n) is 7.37. The second-order valence-corrected chi connectivity index (χ2v) is 6.33. The van der Waals surface area contributed by atoms with E-state index in [0.717, 1.165) is 32.9 Å². The van der Waals surface area contributed by atoms with Gasteiger partial charge in [-0.1, -0.05) is 28.1 Å². The molecule has 0 atom stereocenters. The number of aryl methyl sites for hydroxylation is 2. The molecule has 0 amide bonds. The van der Waals surface area contributed by atoms with Gasteiger partial charge in [-0.2, -0.15) is 0 Å². The van der Waals surface area contributed by atoms with Crippen LogP contribution in [0, 0.1) is 13.8 Å². The summed E-state index contributed by atoms with van der Waals surface area (Å²) in [6, 6.07) is 13.5. The van der Waals surface area contributed by atoms with Crippen LogP contribution in [-0.4, -0.2) is 10.2 Å². The molecule has 5 nitrogen and oxygen atoms in total. The van der Waals surface area contributed by atoms with Gasteiger partial charge in [-0.3, -0.25) is 0 Å².